The highest BCUT2D eigenvalue weighted by Crippen LogP contribution is 2.29. The first-order chi connectivity index (χ1) is 15.8. The van der Waals surface area contributed by atoms with E-state index in [1.165, 1.54) is 29.2 Å². The van der Waals surface area contributed by atoms with E-state index in [0.717, 1.165) is 6.07 Å². The van der Waals surface area contributed by atoms with E-state index in [1.807, 2.05) is 0 Å². The lowest BCUT2D eigenvalue weighted by atomic mass is 10.1. The average Bonchev–Trinajstić information content (AvgIpc) is 2.85. The van der Waals surface area contributed by atoms with Crippen molar-refractivity contribution in [3.05, 3.63) is 94.8 Å². The predicted octanol–water partition coefficient (Wildman–Crippen LogP) is 4.59. The molecule has 0 unspecified atom stereocenters. The van der Waals surface area contributed by atoms with E-state index in [-0.39, 0.29) is 37.1 Å². The summed E-state index contributed by atoms with van der Waals surface area (Å²) in [4.78, 5) is 26.7. The number of hydrogen-bond donors (Lipinski definition) is 1. The fraction of sp³-hybridized carbons (Fsp3) is 0.200. The monoisotopic (exact) mass is 454 g/mol. The molecule has 1 atom stereocenters. The Labute approximate surface area is 188 Å². The van der Waals surface area contributed by atoms with Crippen LogP contribution in [0.25, 0.3) is 0 Å². The maximum absolute atomic E-state index is 13.6. The zero-order valence-electron chi connectivity index (χ0n) is 17.8. The van der Waals surface area contributed by atoms with Crippen LogP contribution in [0.5, 0.6) is 5.75 Å². The molecule has 5 nitrogen and oxygen atoms in total. The second kappa shape index (κ2) is 9.36. The number of hydrogen-bond acceptors (Lipinski definition) is 3. The number of benzene rings is 3. The number of halogens is 3. The molecule has 33 heavy (non-hydrogen) atoms. The number of fused-ring (bicyclic) bond motifs is 1. The summed E-state index contributed by atoms with van der Waals surface area (Å²) >= 11 is 0. The molecule has 0 fully saturated rings. The molecule has 3 aromatic carbocycles. The number of amides is 2. The Bertz CT molecular complexity index is 1180. The summed E-state index contributed by atoms with van der Waals surface area (Å²) in [6.07, 6.45) is -0.718. The maximum Gasteiger partial charge on any atom is 0.263 e. The van der Waals surface area contributed by atoms with Crippen LogP contribution in [-0.2, 0) is 29.1 Å². The number of ether oxygens (including phenoxy) is 1. The van der Waals surface area contributed by atoms with Crippen LogP contribution >= 0.6 is 0 Å². The van der Waals surface area contributed by atoms with Crippen LogP contribution in [0, 0.1) is 17.5 Å². The van der Waals surface area contributed by atoms with Gasteiger partial charge in [0.05, 0.1) is 6.42 Å². The van der Waals surface area contributed by atoms with Crippen LogP contribution in [0.3, 0.4) is 0 Å². The predicted molar refractivity (Wildman–Crippen MR) is 116 cm³/mol. The molecule has 170 valence electrons. The van der Waals surface area contributed by atoms with Crippen molar-refractivity contribution in [1.82, 2.24) is 4.90 Å². The zero-order valence-corrected chi connectivity index (χ0v) is 17.8. The van der Waals surface area contributed by atoms with Crippen LogP contribution in [0.15, 0.2) is 60.7 Å². The second-order valence-electron chi connectivity index (χ2n) is 7.91. The summed E-state index contributed by atoms with van der Waals surface area (Å²) in [5.74, 6) is -1.93. The Kier molecular flexibility index (Phi) is 6.35. The molecule has 1 aliphatic heterocycles. The van der Waals surface area contributed by atoms with Crippen molar-refractivity contribution >= 4 is 17.5 Å². The Morgan fingerprint density at radius 1 is 0.970 bits per heavy atom. The maximum atomic E-state index is 13.6. The molecule has 0 radical (unpaired) electrons. The molecule has 0 aliphatic carbocycles. The van der Waals surface area contributed by atoms with E-state index < -0.39 is 17.7 Å². The minimum Gasteiger partial charge on any atom is -0.481 e. The minimum absolute atomic E-state index is 0.00179. The van der Waals surface area contributed by atoms with Crippen molar-refractivity contribution in [3.8, 4) is 5.75 Å². The van der Waals surface area contributed by atoms with Gasteiger partial charge in [0.1, 0.15) is 23.2 Å². The third kappa shape index (κ3) is 5.52. The number of carbonyl (C=O) groups is 2. The number of anilines is 1. The molecule has 1 N–H and O–H groups in total. The van der Waals surface area contributed by atoms with Crippen molar-refractivity contribution in [2.45, 2.75) is 32.5 Å². The molecule has 2 amide bonds. The summed E-state index contributed by atoms with van der Waals surface area (Å²) in [5, 5.41) is 2.79. The van der Waals surface area contributed by atoms with Gasteiger partial charge in [0.2, 0.25) is 5.91 Å². The quantitative estimate of drug-likeness (QED) is 0.613. The summed E-state index contributed by atoms with van der Waals surface area (Å²) in [6, 6.07) is 13.8. The van der Waals surface area contributed by atoms with Gasteiger partial charge < -0.3 is 15.0 Å². The molecule has 0 aromatic heterocycles. The number of rotatable bonds is 5. The van der Waals surface area contributed by atoms with E-state index in [2.05, 4.69) is 5.32 Å². The smallest absolute Gasteiger partial charge is 0.263 e. The standard InChI is InChI=1S/C25H21F3N2O3/c1-15-25(32)30(13-17-8-20(27)12-21(28)9-17)14-18-11-22(6-7-23(18)33-15)29-24(31)10-16-2-4-19(26)5-3-16/h2-9,11-12,15H,10,13-14H2,1H3,(H,29,31)/t15-/m1/s1. The van der Waals surface area contributed by atoms with Crippen LogP contribution in [0.1, 0.15) is 23.6 Å². The summed E-state index contributed by atoms with van der Waals surface area (Å²) in [7, 11) is 0. The fourth-order valence-electron chi connectivity index (χ4n) is 3.73. The van der Waals surface area contributed by atoms with Gasteiger partial charge in [0.15, 0.2) is 6.10 Å². The van der Waals surface area contributed by atoms with Gasteiger partial charge in [0, 0.05) is 30.4 Å². The van der Waals surface area contributed by atoms with Gasteiger partial charge in [-0.1, -0.05) is 12.1 Å². The number of nitrogens with one attached hydrogen (secondary N) is 1. The third-order valence-corrected chi connectivity index (χ3v) is 5.24. The molecule has 4 rings (SSSR count). The van der Waals surface area contributed by atoms with Gasteiger partial charge in [-0.25, -0.2) is 13.2 Å². The van der Waals surface area contributed by atoms with Crippen LogP contribution in [0.4, 0.5) is 18.9 Å². The van der Waals surface area contributed by atoms with Gasteiger partial charge in [-0.15, -0.1) is 0 Å². The third-order valence-electron chi connectivity index (χ3n) is 5.24. The normalized spacial score (nSPS) is 15.5. The molecule has 0 saturated heterocycles. The second-order valence-corrected chi connectivity index (χ2v) is 7.91. The molecule has 1 heterocycles. The van der Waals surface area contributed by atoms with Crippen molar-refractivity contribution in [1.29, 1.82) is 0 Å². The first kappa shape index (κ1) is 22.4. The SMILES string of the molecule is C[C@H]1Oc2ccc(NC(=O)Cc3ccc(F)cc3)cc2CN(Cc2cc(F)cc(F)c2)C1=O. The van der Waals surface area contributed by atoms with Gasteiger partial charge in [-0.05, 0) is 60.5 Å². The van der Waals surface area contributed by atoms with Gasteiger partial charge in [0.25, 0.3) is 5.91 Å². The molecule has 0 spiro atoms. The summed E-state index contributed by atoms with van der Waals surface area (Å²) in [6.45, 7) is 1.75. The van der Waals surface area contributed by atoms with Crippen molar-refractivity contribution in [2.75, 3.05) is 5.32 Å². The molecular weight excluding hydrogens is 433 g/mol. The van der Waals surface area contributed by atoms with Crippen molar-refractivity contribution in [3.63, 3.8) is 0 Å². The molecule has 0 saturated carbocycles. The topological polar surface area (TPSA) is 58.6 Å². The van der Waals surface area contributed by atoms with E-state index >= 15 is 0 Å². The van der Waals surface area contributed by atoms with Crippen molar-refractivity contribution < 1.29 is 27.5 Å². The van der Waals surface area contributed by atoms with E-state index in [9.17, 15) is 22.8 Å². The van der Waals surface area contributed by atoms with Crippen LogP contribution in [0.2, 0.25) is 0 Å². The highest BCUT2D eigenvalue weighted by molar-refractivity contribution is 5.92. The number of nitrogens with zero attached hydrogens (tertiary/aromatic N) is 1. The average molecular weight is 454 g/mol. The molecular formula is C25H21F3N2O3. The lowest BCUT2D eigenvalue weighted by Gasteiger charge is -2.22. The zero-order chi connectivity index (χ0) is 23.5. The lowest BCUT2D eigenvalue weighted by molar-refractivity contribution is -0.138. The summed E-state index contributed by atoms with van der Waals surface area (Å²) in [5.41, 5.74) is 2.13. The fourth-order valence-corrected chi connectivity index (χ4v) is 3.73. The summed E-state index contributed by atoms with van der Waals surface area (Å²) < 4.78 is 46.0. The minimum atomic E-state index is -0.788. The molecule has 0 bridgehead atoms. The van der Waals surface area contributed by atoms with Crippen LogP contribution < -0.4 is 10.1 Å². The highest BCUT2D eigenvalue weighted by atomic mass is 19.1. The van der Waals surface area contributed by atoms with Crippen molar-refractivity contribution in [2.24, 2.45) is 0 Å². The molecule has 1 aliphatic rings. The largest absolute Gasteiger partial charge is 0.481 e. The van der Waals surface area contributed by atoms with E-state index in [0.29, 0.717) is 28.1 Å². The Morgan fingerprint density at radius 3 is 2.36 bits per heavy atom. The highest BCUT2D eigenvalue weighted by Gasteiger charge is 2.28. The molecule has 8 heteroatoms. The van der Waals surface area contributed by atoms with Gasteiger partial charge in [-0.3, -0.25) is 9.59 Å². The first-order valence-corrected chi connectivity index (χ1v) is 10.3. The van der Waals surface area contributed by atoms with Crippen LogP contribution in [-0.4, -0.2) is 22.8 Å². The van der Waals surface area contributed by atoms with E-state index in [1.54, 1.807) is 37.3 Å². The Hall–Kier alpha value is -3.81. The Morgan fingerprint density at radius 2 is 1.67 bits per heavy atom. The number of carbonyl (C=O) groups excluding carboxylic acids is 2. The Balaban J connectivity index is 1.52. The first-order valence-electron chi connectivity index (χ1n) is 10.3. The van der Waals surface area contributed by atoms with Gasteiger partial charge >= 0.3 is 0 Å². The molecule has 3 aromatic rings. The lowest BCUT2D eigenvalue weighted by Crippen LogP contribution is -2.37. The van der Waals surface area contributed by atoms with E-state index in [4.69, 9.17) is 4.74 Å². The van der Waals surface area contributed by atoms with Gasteiger partial charge in [-0.2, -0.15) is 0 Å².